The minimum atomic E-state index is -0.135. The first-order chi connectivity index (χ1) is 13.1. The fourth-order valence-corrected chi connectivity index (χ4v) is 2.99. The van der Waals surface area contributed by atoms with Gasteiger partial charge in [0.05, 0.1) is 0 Å². The van der Waals surface area contributed by atoms with Crippen LogP contribution in [0.1, 0.15) is 41.8 Å². The predicted molar refractivity (Wildman–Crippen MR) is 109 cm³/mol. The van der Waals surface area contributed by atoms with Gasteiger partial charge in [-0.15, -0.1) is 0 Å². The lowest BCUT2D eigenvalue weighted by atomic mass is 10.1. The van der Waals surface area contributed by atoms with Crippen LogP contribution in [0.5, 0.6) is 0 Å². The Balaban J connectivity index is 1.85. The van der Waals surface area contributed by atoms with Crippen LogP contribution in [0.2, 0.25) is 0 Å². The van der Waals surface area contributed by atoms with Gasteiger partial charge >= 0.3 is 0 Å². The molecule has 0 bridgehead atoms. The van der Waals surface area contributed by atoms with Crippen molar-refractivity contribution in [3.63, 3.8) is 0 Å². The summed E-state index contributed by atoms with van der Waals surface area (Å²) < 4.78 is 0. The van der Waals surface area contributed by atoms with E-state index in [-0.39, 0.29) is 11.9 Å². The Morgan fingerprint density at radius 2 is 1.67 bits per heavy atom. The van der Waals surface area contributed by atoms with Gasteiger partial charge < -0.3 is 10.2 Å². The van der Waals surface area contributed by atoms with Crippen LogP contribution in [0, 0.1) is 6.92 Å². The topological polar surface area (TPSA) is 58.1 Å². The van der Waals surface area contributed by atoms with Gasteiger partial charge in [0, 0.05) is 24.3 Å². The molecule has 0 saturated heterocycles. The highest BCUT2D eigenvalue weighted by atomic mass is 16.2. The summed E-state index contributed by atoms with van der Waals surface area (Å²) in [4.78, 5) is 23.6. The van der Waals surface area contributed by atoms with Gasteiger partial charge in [-0.05, 0) is 38.5 Å². The van der Waals surface area contributed by atoms with Gasteiger partial charge in [-0.25, -0.2) is 9.97 Å². The minimum Gasteiger partial charge on any atom is -0.363 e. The maximum absolute atomic E-state index is 13.0. The number of hydrogen-bond donors (Lipinski definition) is 1. The number of rotatable bonds is 6. The Bertz CT molecular complexity index is 897. The first kappa shape index (κ1) is 18.6. The summed E-state index contributed by atoms with van der Waals surface area (Å²) in [6.07, 6.45) is 0. The van der Waals surface area contributed by atoms with E-state index in [0.29, 0.717) is 23.9 Å². The molecule has 1 N–H and O–H groups in total. The molecule has 3 aromatic rings. The van der Waals surface area contributed by atoms with Crippen LogP contribution < -0.4 is 10.2 Å². The normalized spacial score (nSPS) is 11.7. The summed E-state index contributed by atoms with van der Waals surface area (Å²) in [5, 5.41) is 3.37. The van der Waals surface area contributed by atoms with Crippen LogP contribution in [0.3, 0.4) is 0 Å². The molecule has 0 aliphatic carbocycles. The fraction of sp³-hybridized carbons (Fsp3) is 0.227. The molecule has 1 atom stereocenters. The van der Waals surface area contributed by atoms with E-state index in [1.807, 2.05) is 55.5 Å². The largest absolute Gasteiger partial charge is 0.363 e. The van der Waals surface area contributed by atoms with Gasteiger partial charge in [0.1, 0.15) is 17.3 Å². The van der Waals surface area contributed by atoms with Crippen LogP contribution in [-0.4, -0.2) is 22.4 Å². The number of para-hydroxylation sites is 1. The summed E-state index contributed by atoms with van der Waals surface area (Å²) in [5.41, 5.74) is 2.39. The van der Waals surface area contributed by atoms with Crippen molar-refractivity contribution in [1.29, 1.82) is 0 Å². The molecule has 138 valence electrons. The number of carbonyl (C=O) groups is 1. The van der Waals surface area contributed by atoms with Crippen LogP contribution in [0.25, 0.3) is 0 Å². The van der Waals surface area contributed by atoms with E-state index in [1.54, 1.807) is 17.9 Å². The average molecular weight is 360 g/mol. The number of benzene rings is 2. The number of carbonyl (C=O) groups excluding carboxylic acids is 1. The highest BCUT2D eigenvalue weighted by Gasteiger charge is 2.19. The average Bonchev–Trinajstić information content (AvgIpc) is 2.69. The SMILES string of the molecule is CCN(C(=O)c1cc(NC(C)c2ccccc2)nc(C)n1)c1ccccc1. The Labute approximate surface area is 160 Å². The molecular formula is C22H24N4O. The third-order valence-electron chi connectivity index (χ3n) is 4.35. The number of aryl methyl sites for hydroxylation is 1. The molecule has 1 unspecified atom stereocenters. The van der Waals surface area contributed by atoms with E-state index in [2.05, 4.69) is 34.3 Å². The number of nitrogens with zero attached hydrogens (tertiary/aromatic N) is 3. The number of hydrogen-bond acceptors (Lipinski definition) is 4. The molecular weight excluding hydrogens is 336 g/mol. The molecule has 0 aliphatic heterocycles. The van der Waals surface area contributed by atoms with Crippen LogP contribution in [-0.2, 0) is 0 Å². The Kier molecular flexibility index (Phi) is 5.81. The van der Waals surface area contributed by atoms with Crippen molar-refractivity contribution in [2.45, 2.75) is 26.8 Å². The lowest BCUT2D eigenvalue weighted by Gasteiger charge is -2.21. The predicted octanol–water partition coefficient (Wildman–Crippen LogP) is 4.62. The third-order valence-corrected chi connectivity index (χ3v) is 4.35. The Morgan fingerprint density at radius 1 is 1.04 bits per heavy atom. The fourth-order valence-electron chi connectivity index (χ4n) is 2.99. The van der Waals surface area contributed by atoms with Crippen molar-refractivity contribution < 1.29 is 4.79 Å². The van der Waals surface area contributed by atoms with E-state index < -0.39 is 0 Å². The molecule has 5 heteroatoms. The molecule has 0 aliphatic rings. The van der Waals surface area contributed by atoms with Crippen LogP contribution >= 0.6 is 0 Å². The number of amides is 1. The van der Waals surface area contributed by atoms with Gasteiger partial charge in [-0.2, -0.15) is 0 Å². The highest BCUT2D eigenvalue weighted by Crippen LogP contribution is 2.20. The molecule has 5 nitrogen and oxygen atoms in total. The van der Waals surface area contributed by atoms with Crippen molar-refractivity contribution in [3.05, 3.63) is 83.8 Å². The van der Waals surface area contributed by atoms with Gasteiger partial charge in [0.25, 0.3) is 5.91 Å². The molecule has 0 saturated carbocycles. The van der Waals surface area contributed by atoms with Gasteiger partial charge in [0.2, 0.25) is 0 Å². The summed E-state index contributed by atoms with van der Waals surface area (Å²) in [7, 11) is 0. The molecule has 0 radical (unpaired) electrons. The maximum Gasteiger partial charge on any atom is 0.277 e. The summed E-state index contributed by atoms with van der Waals surface area (Å²) in [5.74, 6) is 1.07. The maximum atomic E-state index is 13.0. The van der Waals surface area contributed by atoms with Gasteiger partial charge in [-0.3, -0.25) is 4.79 Å². The second-order valence-corrected chi connectivity index (χ2v) is 6.35. The molecule has 1 amide bonds. The first-order valence-corrected chi connectivity index (χ1v) is 9.12. The van der Waals surface area contributed by atoms with Crippen molar-refractivity contribution in [2.24, 2.45) is 0 Å². The number of aromatic nitrogens is 2. The van der Waals surface area contributed by atoms with Crippen molar-refractivity contribution in [1.82, 2.24) is 9.97 Å². The van der Waals surface area contributed by atoms with Gasteiger partial charge in [0.15, 0.2) is 0 Å². The van der Waals surface area contributed by atoms with E-state index in [0.717, 1.165) is 11.3 Å². The molecule has 27 heavy (non-hydrogen) atoms. The van der Waals surface area contributed by atoms with E-state index in [1.165, 1.54) is 0 Å². The monoisotopic (exact) mass is 360 g/mol. The zero-order valence-electron chi connectivity index (χ0n) is 15.9. The molecule has 3 rings (SSSR count). The van der Waals surface area contributed by atoms with Gasteiger partial charge in [-0.1, -0.05) is 48.5 Å². The van der Waals surface area contributed by atoms with E-state index >= 15 is 0 Å². The van der Waals surface area contributed by atoms with Crippen LogP contribution in [0.15, 0.2) is 66.7 Å². The minimum absolute atomic E-state index is 0.0693. The molecule has 0 fully saturated rings. The zero-order chi connectivity index (χ0) is 19.2. The highest BCUT2D eigenvalue weighted by molar-refractivity contribution is 6.05. The second kappa shape index (κ2) is 8.45. The second-order valence-electron chi connectivity index (χ2n) is 6.35. The first-order valence-electron chi connectivity index (χ1n) is 9.12. The van der Waals surface area contributed by atoms with Crippen molar-refractivity contribution in [2.75, 3.05) is 16.8 Å². The summed E-state index contributed by atoms with van der Waals surface area (Å²) >= 11 is 0. The molecule has 2 aromatic carbocycles. The number of nitrogens with one attached hydrogen (secondary N) is 1. The molecule has 1 aromatic heterocycles. The summed E-state index contributed by atoms with van der Waals surface area (Å²) in [6, 6.07) is 21.5. The lowest BCUT2D eigenvalue weighted by molar-refractivity contribution is 0.0983. The standard InChI is InChI=1S/C22H24N4O/c1-4-26(19-13-9-6-10-14-19)22(27)20-15-21(25-17(3)24-20)23-16(2)18-11-7-5-8-12-18/h5-16H,4H2,1-3H3,(H,23,24,25). The Morgan fingerprint density at radius 3 is 2.30 bits per heavy atom. The quantitative estimate of drug-likeness (QED) is 0.696. The Hall–Kier alpha value is -3.21. The zero-order valence-corrected chi connectivity index (χ0v) is 15.9. The molecule has 1 heterocycles. The smallest absolute Gasteiger partial charge is 0.277 e. The van der Waals surface area contributed by atoms with Crippen LogP contribution in [0.4, 0.5) is 11.5 Å². The molecule has 0 spiro atoms. The lowest BCUT2D eigenvalue weighted by Crippen LogP contribution is -2.31. The van der Waals surface area contributed by atoms with Crippen molar-refractivity contribution in [3.8, 4) is 0 Å². The summed E-state index contributed by atoms with van der Waals surface area (Å²) in [6.45, 7) is 6.38. The van der Waals surface area contributed by atoms with E-state index in [9.17, 15) is 4.79 Å². The van der Waals surface area contributed by atoms with Crippen molar-refractivity contribution >= 4 is 17.4 Å². The third kappa shape index (κ3) is 4.50. The number of anilines is 2. The van der Waals surface area contributed by atoms with E-state index in [4.69, 9.17) is 0 Å².